The lowest BCUT2D eigenvalue weighted by Crippen LogP contribution is -2.64. The highest BCUT2D eigenvalue weighted by Gasteiger charge is 2.40. The monoisotopic (exact) mass is 294 g/mol. The summed E-state index contributed by atoms with van der Waals surface area (Å²) in [6, 6.07) is -1.02. The van der Waals surface area contributed by atoms with E-state index in [4.69, 9.17) is 4.74 Å². The minimum Gasteiger partial charge on any atom is -0.383 e. The van der Waals surface area contributed by atoms with Crippen LogP contribution in [0.3, 0.4) is 0 Å². The first-order chi connectivity index (χ1) is 9.95. The maximum absolute atomic E-state index is 12.6. The van der Waals surface area contributed by atoms with Gasteiger partial charge >= 0.3 is 0 Å². The molecular weight excluding hydrogens is 272 g/mol. The first-order valence-electron chi connectivity index (χ1n) is 7.10. The first kappa shape index (κ1) is 15.5. The minimum absolute atomic E-state index is 0.0417. The van der Waals surface area contributed by atoms with E-state index < -0.39 is 12.1 Å². The maximum Gasteiger partial charge on any atom is 0.250 e. The Balaban J connectivity index is 2.24. The third kappa shape index (κ3) is 3.07. The van der Waals surface area contributed by atoms with Gasteiger partial charge in [0.25, 0.3) is 5.91 Å². The molecule has 0 saturated carbocycles. The van der Waals surface area contributed by atoms with E-state index in [1.165, 1.54) is 4.90 Å². The molecule has 2 amide bonds. The molecule has 0 aliphatic carbocycles. The quantitative estimate of drug-likeness (QED) is 0.853. The lowest BCUT2D eigenvalue weighted by molar-refractivity contribution is -0.134. The average Bonchev–Trinajstić information content (AvgIpc) is 2.89. The van der Waals surface area contributed by atoms with Gasteiger partial charge in [0.1, 0.15) is 12.1 Å². The molecule has 1 fully saturated rings. The molecule has 1 N–H and O–H groups in total. The van der Waals surface area contributed by atoms with Crippen molar-refractivity contribution in [3.8, 4) is 0 Å². The van der Waals surface area contributed by atoms with E-state index in [9.17, 15) is 9.59 Å². The fourth-order valence-electron chi connectivity index (χ4n) is 2.38. The average molecular weight is 294 g/mol. The Hall–Kier alpha value is -1.89. The number of hydrogen-bond donors (Lipinski definition) is 1. The molecule has 1 aromatic rings. The van der Waals surface area contributed by atoms with Crippen molar-refractivity contribution in [1.82, 2.24) is 15.1 Å². The highest BCUT2D eigenvalue weighted by molar-refractivity contribution is 6.08. The van der Waals surface area contributed by atoms with Crippen LogP contribution in [0, 0.1) is 5.92 Å². The number of ether oxygens (including phenoxy) is 1. The van der Waals surface area contributed by atoms with Crippen LogP contribution in [0.1, 0.15) is 20.8 Å². The molecule has 1 aromatic heterocycles. The number of nitrogens with one attached hydrogen (secondary N) is 1. The second kappa shape index (κ2) is 6.26. The van der Waals surface area contributed by atoms with Crippen molar-refractivity contribution in [2.24, 2.45) is 5.92 Å². The zero-order chi connectivity index (χ0) is 15.6. The van der Waals surface area contributed by atoms with Crippen LogP contribution in [0.2, 0.25) is 0 Å². The van der Waals surface area contributed by atoms with Crippen LogP contribution in [0.15, 0.2) is 12.4 Å². The Kier molecular flexibility index (Phi) is 4.62. The molecule has 116 valence electrons. The van der Waals surface area contributed by atoms with Crippen LogP contribution in [0.25, 0.3) is 0 Å². The summed E-state index contributed by atoms with van der Waals surface area (Å²) in [5.74, 6) is -0.193. The van der Waals surface area contributed by atoms with Gasteiger partial charge < -0.3 is 10.1 Å². The molecule has 1 aliphatic rings. The minimum atomic E-state index is -0.535. The number of piperazine rings is 1. The van der Waals surface area contributed by atoms with Gasteiger partial charge in [-0.3, -0.25) is 19.2 Å². The van der Waals surface area contributed by atoms with Crippen LogP contribution in [0.5, 0.6) is 0 Å². The maximum atomic E-state index is 12.6. The van der Waals surface area contributed by atoms with E-state index in [1.807, 2.05) is 13.8 Å². The van der Waals surface area contributed by atoms with E-state index >= 15 is 0 Å². The second-order valence-electron chi connectivity index (χ2n) is 5.57. The summed E-state index contributed by atoms with van der Waals surface area (Å²) in [5.41, 5.74) is 0.643. The van der Waals surface area contributed by atoms with Gasteiger partial charge in [-0.25, -0.2) is 0 Å². The molecule has 21 heavy (non-hydrogen) atoms. The fourth-order valence-corrected chi connectivity index (χ4v) is 2.38. The smallest absolute Gasteiger partial charge is 0.250 e. The normalized spacial score (nSPS) is 22.8. The molecule has 7 heteroatoms. The van der Waals surface area contributed by atoms with Crippen LogP contribution in [-0.2, 0) is 20.9 Å². The fraction of sp³-hybridized carbons (Fsp3) is 0.643. The number of methoxy groups -OCH3 is 1. The Labute approximate surface area is 124 Å². The van der Waals surface area contributed by atoms with Crippen molar-refractivity contribution in [3.05, 3.63) is 12.4 Å². The van der Waals surface area contributed by atoms with Crippen LogP contribution < -0.4 is 10.2 Å². The van der Waals surface area contributed by atoms with Crippen molar-refractivity contribution in [1.29, 1.82) is 0 Å². The summed E-state index contributed by atoms with van der Waals surface area (Å²) in [6.45, 7) is 6.70. The van der Waals surface area contributed by atoms with Crippen molar-refractivity contribution < 1.29 is 14.3 Å². The van der Waals surface area contributed by atoms with E-state index in [2.05, 4.69) is 10.4 Å². The predicted molar refractivity (Wildman–Crippen MR) is 77.8 cm³/mol. The molecule has 7 nitrogen and oxygen atoms in total. The molecule has 0 aromatic carbocycles. The Morgan fingerprint density at radius 2 is 2.14 bits per heavy atom. The van der Waals surface area contributed by atoms with Crippen LogP contribution >= 0.6 is 0 Å². The highest BCUT2D eigenvalue weighted by Crippen LogP contribution is 2.23. The number of carbonyl (C=O) groups excluding carboxylic acids is 2. The third-order valence-electron chi connectivity index (χ3n) is 3.66. The van der Waals surface area contributed by atoms with E-state index in [0.29, 0.717) is 18.8 Å². The van der Waals surface area contributed by atoms with E-state index in [1.54, 1.807) is 31.1 Å². The summed E-state index contributed by atoms with van der Waals surface area (Å²) in [5, 5.41) is 6.98. The van der Waals surface area contributed by atoms with Gasteiger partial charge in [0.15, 0.2) is 0 Å². The van der Waals surface area contributed by atoms with E-state index in [-0.39, 0.29) is 17.7 Å². The topological polar surface area (TPSA) is 76.5 Å². The summed E-state index contributed by atoms with van der Waals surface area (Å²) < 4.78 is 6.71. The zero-order valence-electron chi connectivity index (χ0n) is 12.9. The number of carbonyl (C=O) groups is 2. The molecular formula is C14H22N4O3. The zero-order valence-corrected chi connectivity index (χ0v) is 12.9. The number of amides is 2. The molecule has 1 saturated heterocycles. The molecule has 2 rings (SSSR count). The van der Waals surface area contributed by atoms with Crippen molar-refractivity contribution in [2.45, 2.75) is 39.4 Å². The molecule has 0 radical (unpaired) electrons. The first-order valence-corrected chi connectivity index (χ1v) is 7.10. The Morgan fingerprint density at radius 3 is 2.76 bits per heavy atom. The summed E-state index contributed by atoms with van der Waals surface area (Å²) >= 11 is 0. The van der Waals surface area contributed by atoms with Gasteiger partial charge in [-0.15, -0.1) is 0 Å². The van der Waals surface area contributed by atoms with Gasteiger partial charge in [0.05, 0.1) is 25.0 Å². The second-order valence-corrected chi connectivity index (χ2v) is 5.57. The number of aromatic nitrogens is 2. The summed E-state index contributed by atoms with van der Waals surface area (Å²) in [6.07, 6.45) is 3.38. The lowest BCUT2D eigenvalue weighted by atomic mass is 9.98. The third-order valence-corrected chi connectivity index (χ3v) is 3.66. The number of hydrogen-bond acceptors (Lipinski definition) is 4. The van der Waals surface area contributed by atoms with Crippen molar-refractivity contribution in [3.63, 3.8) is 0 Å². The molecule has 0 spiro atoms. The summed E-state index contributed by atoms with van der Waals surface area (Å²) in [4.78, 5) is 26.2. The van der Waals surface area contributed by atoms with Crippen molar-refractivity contribution >= 4 is 17.5 Å². The molecule has 1 aliphatic heterocycles. The van der Waals surface area contributed by atoms with Gasteiger partial charge in [-0.05, 0) is 12.8 Å². The lowest BCUT2D eigenvalue weighted by Gasteiger charge is -2.38. The van der Waals surface area contributed by atoms with Crippen LogP contribution in [-0.4, -0.2) is 47.4 Å². The molecule has 0 bridgehead atoms. The van der Waals surface area contributed by atoms with Gasteiger partial charge in [-0.2, -0.15) is 5.10 Å². The Bertz CT molecular complexity index is 526. The number of nitrogens with zero attached hydrogens (tertiary/aromatic N) is 3. The predicted octanol–water partition coefficient (Wildman–Crippen LogP) is 0.405. The molecule has 2 unspecified atom stereocenters. The van der Waals surface area contributed by atoms with Crippen LogP contribution in [0.4, 0.5) is 5.69 Å². The van der Waals surface area contributed by atoms with E-state index in [0.717, 1.165) is 0 Å². The molecule has 2 atom stereocenters. The largest absolute Gasteiger partial charge is 0.383 e. The number of rotatable bonds is 5. The van der Waals surface area contributed by atoms with Gasteiger partial charge in [-0.1, -0.05) is 13.8 Å². The van der Waals surface area contributed by atoms with Gasteiger partial charge in [0.2, 0.25) is 5.91 Å². The molecule has 2 heterocycles. The standard InChI is InChI=1S/C14H22N4O3/c1-9(2)12-14(20)18(10(3)13(19)16-12)11-7-15-17(8-11)5-6-21-4/h7-10,12H,5-6H2,1-4H3,(H,16,19). The van der Waals surface area contributed by atoms with Gasteiger partial charge in [0, 0.05) is 13.3 Å². The Morgan fingerprint density at radius 1 is 1.43 bits per heavy atom. The number of anilines is 1. The van der Waals surface area contributed by atoms with Crippen molar-refractivity contribution in [2.75, 3.05) is 18.6 Å². The summed E-state index contributed by atoms with van der Waals surface area (Å²) in [7, 11) is 1.62. The highest BCUT2D eigenvalue weighted by atomic mass is 16.5. The SMILES string of the molecule is COCCn1cc(N2C(=O)C(C(C)C)NC(=O)C2C)cn1.